The van der Waals surface area contributed by atoms with Crippen molar-refractivity contribution in [3.05, 3.63) is 66.7 Å². The molecule has 136 valence electrons. The molecule has 3 rings (SSSR count). The number of hydrogen-bond acceptors (Lipinski definition) is 1. The molecule has 0 amide bonds. The second-order valence-corrected chi connectivity index (χ2v) is 11.1. The average Bonchev–Trinajstić information content (AvgIpc) is 3.07. The van der Waals surface area contributed by atoms with Crippen LogP contribution in [0.3, 0.4) is 0 Å². The number of benzene rings is 2. The van der Waals surface area contributed by atoms with Gasteiger partial charge in [-0.15, -0.1) is 11.3 Å². The standard InChI is InChI=1S/C24H29PS/c1-18(2)16-25(17-19(3)4)22-15-23(20-11-7-5-8-12-20)26-24(22)21-13-9-6-10-14-21/h5-15,18-19H,16-17H2,1-4H3. The number of hydrogen-bond donors (Lipinski definition) is 0. The quantitative estimate of drug-likeness (QED) is 0.372. The molecular weight excluding hydrogens is 351 g/mol. The molecule has 1 heterocycles. The molecule has 26 heavy (non-hydrogen) atoms. The Morgan fingerprint density at radius 3 is 1.73 bits per heavy atom. The Morgan fingerprint density at radius 2 is 1.23 bits per heavy atom. The molecule has 0 nitrogen and oxygen atoms in total. The van der Waals surface area contributed by atoms with E-state index in [1.54, 1.807) is 5.30 Å². The minimum absolute atomic E-state index is 0.138. The van der Waals surface area contributed by atoms with Crippen LogP contribution in [0.15, 0.2) is 66.7 Å². The lowest BCUT2D eigenvalue weighted by Crippen LogP contribution is -2.12. The van der Waals surface area contributed by atoms with Crippen LogP contribution in [0, 0.1) is 11.8 Å². The molecule has 0 aliphatic heterocycles. The summed E-state index contributed by atoms with van der Waals surface area (Å²) in [5.74, 6) is 1.48. The Morgan fingerprint density at radius 1 is 0.731 bits per heavy atom. The van der Waals surface area contributed by atoms with E-state index < -0.39 is 0 Å². The van der Waals surface area contributed by atoms with E-state index in [9.17, 15) is 0 Å². The van der Waals surface area contributed by atoms with Crippen molar-refractivity contribution in [1.29, 1.82) is 0 Å². The maximum atomic E-state index is 2.50. The van der Waals surface area contributed by atoms with Crippen LogP contribution in [0.5, 0.6) is 0 Å². The van der Waals surface area contributed by atoms with Crippen molar-refractivity contribution in [2.45, 2.75) is 27.7 Å². The van der Waals surface area contributed by atoms with Gasteiger partial charge in [-0.1, -0.05) is 96.3 Å². The third-order valence-corrected chi connectivity index (χ3v) is 9.08. The molecule has 0 unspecified atom stereocenters. The number of rotatable bonds is 7. The first kappa shape index (κ1) is 19.3. The molecule has 2 aromatic carbocycles. The molecule has 0 aliphatic carbocycles. The van der Waals surface area contributed by atoms with E-state index in [1.165, 1.54) is 33.2 Å². The second-order valence-electron chi connectivity index (χ2n) is 7.75. The van der Waals surface area contributed by atoms with Crippen molar-refractivity contribution in [2.75, 3.05) is 12.3 Å². The highest BCUT2D eigenvalue weighted by molar-refractivity contribution is 7.66. The lowest BCUT2D eigenvalue weighted by Gasteiger charge is -2.22. The van der Waals surface area contributed by atoms with Gasteiger partial charge in [-0.2, -0.15) is 0 Å². The third-order valence-electron chi connectivity index (χ3n) is 4.32. The minimum atomic E-state index is -0.138. The Kier molecular flexibility index (Phi) is 6.68. The molecule has 0 spiro atoms. The predicted molar refractivity (Wildman–Crippen MR) is 121 cm³/mol. The molecule has 0 atom stereocenters. The Labute approximate surface area is 164 Å². The van der Waals surface area contributed by atoms with Crippen LogP contribution in [0.2, 0.25) is 0 Å². The summed E-state index contributed by atoms with van der Waals surface area (Å²) in [7, 11) is -0.138. The van der Waals surface area contributed by atoms with E-state index in [0.717, 1.165) is 11.8 Å². The zero-order chi connectivity index (χ0) is 18.5. The normalized spacial score (nSPS) is 11.7. The van der Waals surface area contributed by atoms with Crippen molar-refractivity contribution in [1.82, 2.24) is 0 Å². The largest absolute Gasteiger partial charge is 0.135 e. The van der Waals surface area contributed by atoms with Crippen molar-refractivity contribution >= 4 is 24.6 Å². The molecular formula is C24H29PS. The summed E-state index contributed by atoms with van der Waals surface area (Å²) in [6.07, 6.45) is 2.64. The van der Waals surface area contributed by atoms with Crippen molar-refractivity contribution in [2.24, 2.45) is 11.8 Å². The minimum Gasteiger partial charge on any atom is -0.135 e. The van der Waals surface area contributed by atoms with Gasteiger partial charge in [-0.25, -0.2) is 0 Å². The fourth-order valence-electron chi connectivity index (χ4n) is 3.31. The molecule has 0 fully saturated rings. The molecule has 0 bridgehead atoms. The first-order chi connectivity index (χ1) is 12.5. The third kappa shape index (κ3) is 4.84. The maximum Gasteiger partial charge on any atom is 0.0426 e. The first-order valence-electron chi connectivity index (χ1n) is 9.54. The highest BCUT2D eigenvalue weighted by atomic mass is 32.1. The molecule has 0 N–H and O–H groups in total. The number of thiophene rings is 1. The van der Waals surface area contributed by atoms with E-state index in [4.69, 9.17) is 0 Å². The van der Waals surface area contributed by atoms with Crippen molar-refractivity contribution < 1.29 is 0 Å². The van der Waals surface area contributed by atoms with E-state index in [1.807, 2.05) is 11.3 Å². The van der Waals surface area contributed by atoms with Gasteiger partial charge in [0.25, 0.3) is 0 Å². The van der Waals surface area contributed by atoms with Gasteiger partial charge in [-0.05, 0) is 46.7 Å². The fourth-order valence-corrected chi connectivity index (χ4v) is 8.02. The zero-order valence-electron chi connectivity index (χ0n) is 16.3. The van der Waals surface area contributed by atoms with Gasteiger partial charge in [0.2, 0.25) is 0 Å². The summed E-state index contributed by atoms with van der Waals surface area (Å²) < 4.78 is 0. The highest BCUT2D eigenvalue weighted by Gasteiger charge is 2.22. The monoisotopic (exact) mass is 380 g/mol. The average molecular weight is 381 g/mol. The van der Waals surface area contributed by atoms with E-state index in [0.29, 0.717) is 0 Å². The van der Waals surface area contributed by atoms with Gasteiger partial charge in [0.1, 0.15) is 0 Å². The van der Waals surface area contributed by atoms with Crippen LogP contribution in [-0.2, 0) is 0 Å². The van der Waals surface area contributed by atoms with Gasteiger partial charge in [0, 0.05) is 9.75 Å². The van der Waals surface area contributed by atoms with Gasteiger partial charge >= 0.3 is 0 Å². The van der Waals surface area contributed by atoms with E-state index in [2.05, 4.69) is 94.4 Å². The lowest BCUT2D eigenvalue weighted by molar-refractivity contribution is 0.721. The van der Waals surface area contributed by atoms with Gasteiger partial charge < -0.3 is 0 Å². The van der Waals surface area contributed by atoms with Crippen LogP contribution >= 0.6 is 19.3 Å². The van der Waals surface area contributed by atoms with Crippen molar-refractivity contribution in [3.8, 4) is 20.9 Å². The smallest absolute Gasteiger partial charge is 0.0426 e. The summed E-state index contributed by atoms with van der Waals surface area (Å²) in [5, 5.41) is 1.61. The van der Waals surface area contributed by atoms with Gasteiger partial charge in [0.05, 0.1) is 0 Å². The predicted octanol–water partition coefficient (Wildman–Crippen LogP) is 7.50. The molecule has 0 saturated heterocycles. The van der Waals surface area contributed by atoms with E-state index >= 15 is 0 Å². The second kappa shape index (κ2) is 8.98. The van der Waals surface area contributed by atoms with Gasteiger partial charge in [-0.3, -0.25) is 0 Å². The Bertz CT molecular complexity index is 793. The van der Waals surface area contributed by atoms with Crippen LogP contribution in [0.1, 0.15) is 27.7 Å². The summed E-state index contributed by atoms with van der Waals surface area (Å²) in [4.78, 5) is 2.89. The van der Waals surface area contributed by atoms with Crippen LogP contribution < -0.4 is 5.30 Å². The molecule has 3 aromatic rings. The lowest BCUT2D eigenvalue weighted by atomic mass is 10.1. The molecule has 0 saturated carbocycles. The highest BCUT2D eigenvalue weighted by Crippen LogP contribution is 2.46. The summed E-state index contributed by atoms with van der Waals surface area (Å²) >= 11 is 1.96. The molecule has 0 aliphatic rings. The first-order valence-corrected chi connectivity index (χ1v) is 12.1. The SMILES string of the molecule is CC(C)CP(CC(C)C)c1cc(-c2ccccc2)sc1-c1ccccc1. The molecule has 0 radical (unpaired) electrons. The summed E-state index contributed by atoms with van der Waals surface area (Å²) in [5.41, 5.74) is 2.71. The zero-order valence-corrected chi connectivity index (χ0v) is 18.0. The summed E-state index contributed by atoms with van der Waals surface area (Å²) in [6, 6.07) is 24.3. The van der Waals surface area contributed by atoms with Crippen LogP contribution in [0.4, 0.5) is 0 Å². The Hall–Kier alpha value is -1.43. The van der Waals surface area contributed by atoms with Crippen molar-refractivity contribution in [3.63, 3.8) is 0 Å². The molecule has 2 heteroatoms. The van der Waals surface area contributed by atoms with Gasteiger partial charge in [0.15, 0.2) is 0 Å². The molecule has 1 aromatic heterocycles. The maximum absolute atomic E-state index is 2.50. The van der Waals surface area contributed by atoms with Crippen LogP contribution in [0.25, 0.3) is 20.9 Å². The summed E-state index contributed by atoms with van der Waals surface area (Å²) in [6.45, 7) is 9.45. The van der Waals surface area contributed by atoms with Crippen LogP contribution in [-0.4, -0.2) is 12.3 Å². The van der Waals surface area contributed by atoms with E-state index in [-0.39, 0.29) is 7.92 Å². The fraction of sp³-hybridized carbons (Fsp3) is 0.333. The topological polar surface area (TPSA) is 0 Å². The Balaban J connectivity index is 2.10.